The van der Waals surface area contributed by atoms with Crippen LogP contribution >= 0.6 is 11.6 Å². The lowest BCUT2D eigenvalue weighted by Crippen LogP contribution is -2.13. The number of aromatic nitrogens is 2. The zero-order chi connectivity index (χ0) is 19.6. The summed E-state index contributed by atoms with van der Waals surface area (Å²) >= 11 is 6.19. The van der Waals surface area contributed by atoms with E-state index in [1.807, 2.05) is 13.8 Å². The van der Waals surface area contributed by atoms with E-state index >= 15 is 0 Å². The molecule has 2 aromatic carbocycles. The number of carbonyl (C=O) groups is 2. The maximum Gasteiger partial charge on any atom is 0.337 e. The number of ether oxygens (including phenoxy) is 1. The Hall–Kier alpha value is -3.12. The number of methoxy groups -OCH3 is 1. The molecule has 1 N–H and O–H groups in total. The van der Waals surface area contributed by atoms with E-state index in [0.717, 1.165) is 17.1 Å². The number of halogens is 1. The van der Waals surface area contributed by atoms with Gasteiger partial charge in [0.15, 0.2) is 0 Å². The van der Waals surface area contributed by atoms with Crippen molar-refractivity contribution < 1.29 is 14.3 Å². The number of rotatable bonds is 4. The minimum atomic E-state index is -0.459. The molecule has 0 saturated heterocycles. The summed E-state index contributed by atoms with van der Waals surface area (Å²) in [6.07, 6.45) is 0. The van der Waals surface area contributed by atoms with Crippen molar-refractivity contribution in [2.75, 3.05) is 12.4 Å². The standard InChI is InChI=1S/C20H18ClN3O3/c1-12-18(21)13(2)24(23-12)17-9-7-14(8-10-17)19(25)22-16-6-4-5-15(11-16)20(26)27-3/h4-11H,1-3H3,(H,22,25). The number of carbonyl (C=O) groups excluding carboxylic acids is 2. The Kier molecular flexibility index (Phi) is 5.28. The number of nitrogens with zero attached hydrogens (tertiary/aromatic N) is 2. The lowest BCUT2D eigenvalue weighted by molar-refractivity contribution is 0.0600. The predicted octanol–water partition coefficient (Wildman–Crippen LogP) is 4.18. The Morgan fingerprint density at radius 2 is 1.78 bits per heavy atom. The number of amides is 1. The fraction of sp³-hybridized carbons (Fsp3) is 0.150. The lowest BCUT2D eigenvalue weighted by atomic mass is 10.1. The van der Waals surface area contributed by atoms with E-state index in [9.17, 15) is 9.59 Å². The van der Waals surface area contributed by atoms with Crippen LogP contribution in [0.5, 0.6) is 0 Å². The van der Waals surface area contributed by atoms with Gasteiger partial charge in [-0.05, 0) is 56.3 Å². The third-order valence-electron chi connectivity index (χ3n) is 4.12. The van der Waals surface area contributed by atoms with Crippen LogP contribution in [0.15, 0.2) is 48.5 Å². The summed E-state index contributed by atoms with van der Waals surface area (Å²) in [5.41, 5.74) is 3.76. The summed E-state index contributed by atoms with van der Waals surface area (Å²) in [6.45, 7) is 3.73. The molecule has 0 aliphatic rings. The Morgan fingerprint density at radius 1 is 1.07 bits per heavy atom. The molecule has 1 heterocycles. The van der Waals surface area contributed by atoms with Crippen LogP contribution in [-0.2, 0) is 4.74 Å². The number of benzene rings is 2. The summed E-state index contributed by atoms with van der Waals surface area (Å²) in [5.74, 6) is -0.742. The zero-order valence-corrected chi connectivity index (χ0v) is 15.9. The van der Waals surface area contributed by atoms with Crippen molar-refractivity contribution >= 4 is 29.2 Å². The van der Waals surface area contributed by atoms with E-state index in [-0.39, 0.29) is 5.91 Å². The van der Waals surface area contributed by atoms with E-state index < -0.39 is 5.97 Å². The van der Waals surface area contributed by atoms with Crippen LogP contribution in [0.3, 0.4) is 0 Å². The van der Waals surface area contributed by atoms with Crippen LogP contribution in [0.2, 0.25) is 5.02 Å². The van der Waals surface area contributed by atoms with Gasteiger partial charge in [-0.15, -0.1) is 0 Å². The first-order chi connectivity index (χ1) is 12.9. The van der Waals surface area contributed by atoms with E-state index in [1.54, 1.807) is 53.2 Å². The van der Waals surface area contributed by atoms with Gasteiger partial charge in [0.1, 0.15) is 0 Å². The third-order valence-corrected chi connectivity index (χ3v) is 4.67. The van der Waals surface area contributed by atoms with Gasteiger partial charge in [0, 0.05) is 11.3 Å². The first-order valence-electron chi connectivity index (χ1n) is 8.22. The molecule has 0 fully saturated rings. The van der Waals surface area contributed by atoms with Gasteiger partial charge in [-0.1, -0.05) is 17.7 Å². The number of hydrogen-bond donors (Lipinski definition) is 1. The molecule has 27 heavy (non-hydrogen) atoms. The Bertz CT molecular complexity index is 1010. The number of nitrogens with one attached hydrogen (secondary N) is 1. The summed E-state index contributed by atoms with van der Waals surface area (Å²) < 4.78 is 6.42. The van der Waals surface area contributed by atoms with Crippen LogP contribution < -0.4 is 5.32 Å². The third kappa shape index (κ3) is 3.85. The van der Waals surface area contributed by atoms with E-state index in [0.29, 0.717) is 21.8 Å². The van der Waals surface area contributed by atoms with Crippen molar-refractivity contribution in [1.29, 1.82) is 0 Å². The molecule has 0 atom stereocenters. The van der Waals surface area contributed by atoms with Gasteiger partial charge in [0.2, 0.25) is 0 Å². The second kappa shape index (κ2) is 7.63. The van der Waals surface area contributed by atoms with Crippen LogP contribution in [0, 0.1) is 13.8 Å². The van der Waals surface area contributed by atoms with Crippen LogP contribution in [0.1, 0.15) is 32.1 Å². The van der Waals surface area contributed by atoms with Crippen molar-refractivity contribution in [3.8, 4) is 5.69 Å². The summed E-state index contributed by atoms with van der Waals surface area (Å²) in [7, 11) is 1.31. The highest BCUT2D eigenvalue weighted by molar-refractivity contribution is 6.31. The maximum absolute atomic E-state index is 12.5. The van der Waals surface area contributed by atoms with Gasteiger partial charge < -0.3 is 10.1 Å². The normalized spacial score (nSPS) is 10.5. The Balaban J connectivity index is 1.78. The molecule has 1 amide bonds. The number of aryl methyl sites for hydroxylation is 1. The fourth-order valence-corrected chi connectivity index (χ4v) is 2.79. The molecule has 1 aromatic heterocycles. The molecular weight excluding hydrogens is 366 g/mol. The molecule has 0 aliphatic heterocycles. The topological polar surface area (TPSA) is 73.2 Å². The van der Waals surface area contributed by atoms with Crippen molar-refractivity contribution in [1.82, 2.24) is 9.78 Å². The quantitative estimate of drug-likeness (QED) is 0.686. The lowest BCUT2D eigenvalue weighted by Gasteiger charge is -2.08. The average molecular weight is 384 g/mol. The first kappa shape index (κ1) is 18.7. The van der Waals surface area contributed by atoms with Crippen molar-refractivity contribution in [3.05, 3.63) is 76.1 Å². The first-order valence-corrected chi connectivity index (χ1v) is 8.60. The summed E-state index contributed by atoms with van der Waals surface area (Å²) in [6, 6.07) is 13.6. The Labute approximate surface area is 161 Å². The molecule has 0 aliphatic carbocycles. The van der Waals surface area contributed by atoms with Crippen LogP contribution in [0.25, 0.3) is 5.69 Å². The second-order valence-electron chi connectivity index (χ2n) is 5.97. The van der Waals surface area contributed by atoms with Crippen LogP contribution in [-0.4, -0.2) is 28.8 Å². The molecule has 0 unspecified atom stereocenters. The van der Waals surface area contributed by atoms with Gasteiger partial charge in [-0.25, -0.2) is 9.48 Å². The van der Waals surface area contributed by atoms with Gasteiger partial charge in [-0.2, -0.15) is 5.10 Å². The predicted molar refractivity (Wildman–Crippen MR) is 104 cm³/mol. The molecule has 0 spiro atoms. The van der Waals surface area contributed by atoms with Crippen LogP contribution in [0.4, 0.5) is 5.69 Å². The fourth-order valence-electron chi connectivity index (χ4n) is 2.67. The smallest absolute Gasteiger partial charge is 0.337 e. The zero-order valence-electron chi connectivity index (χ0n) is 15.1. The molecule has 3 rings (SSSR count). The van der Waals surface area contributed by atoms with Crippen molar-refractivity contribution in [2.24, 2.45) is 0 Å². The van der Waals surface area contributed by atoms with Gasteiger partial charge in [0.05, 0.1) is 34.8 Å². The second-order valence-corrected chi connectivity index (χ2v) is 6.35. The van der Waals surface area contributed by atoms with E-state index in [1.165, 1.54) is 7.11 Å². The summed E-state index contributed by atoms with van der Waals surface area (Å²) in [4.78, 5) is 24.1. The molecule has 7 heteroatoms. The number of esters is 1. The van der Waals surface area contributed by atoms with Crippen molar-refractivity contribution in [2.45, 2.75) is 13.8 Å². The highest BCUT2D eigenvalue weighted by Gasteiger charge is 2.12. The van der Waals surface area contributed by atoms with Gasteiger partial charge in [0.25, 0.3) is 5.91 Å². The molecule has 0 bridgehead atoms. The number of anilines is 1. The minimum absolute atomic E-state index is 0.282. The summed E-state index contributed by atoms with van der Waals surface area (Å²) in [5, 5.41) is 7.80. The monoisotopic (exact) mass is 383 g/mol. The molecular formula is C20H18ClN3O3. The Morgan fingerprint density at radius 3 is 2.37 bits per heavy atom. The molecule has 0 radical (unpaired) electrons. The highest BCUT2D eigenvalue weighted by Crippen LogP contribution is 2.22. The molecule has 3 aromatic rings. The van der Waals surface area contributed by atoms with Gasteiger partial charge >= 0.3 is 5.97 Å². The minimum Gasteiger partial charge on any atom is -0.465 e. The van der Waals surface area contributed by atoms with E-state index in [4.69, 9.17) is 11.6 Å². The molecule has 0 saturated carbocycles. The maximum atomic E-state index is 12.5. The van der Waals surface area contributed by atoms with Gasteiger partial charge in [-0.3, -0.25) is 4.79 Å². The van der Waals surface area contributed by atoms with Crippen molar-refractivity contribution in [3.63, 3.8) is 0 Å². The average Bonchev–Trinajstić information content (AvgIpc) is 2.95. The molecule has 6 nitrogen and oxygen atoms in total. The SMILES string of the molecule is COC(=O)c1cccc(NC(=O)c2ccc(-n3nc(C)c(Cl)c3C)cc2)c1. The molecule has 138 valence electrons. The van der Waals surface area contributed by atoms with E-state index in [2.05, 4.69) is 15.2 Å². The number of hydrogen-bond acceptors (Lipinski definition) is 4. The highest BCUT2D eigenvalue weighted by atomic mass is 35.5. The largest absolute Gasteiger partial charge is 0.465 e.